The predicted molar refractivity (Wildman–Crippen MR) is 104 cm³/mol. The summed E-state index contributed by atoms with van der Waals surface area (Å²) in [6.45, 7) is 0.462. The average molecular weight is 473 g/mol. The van der Waals surface area contributed by atoms with Gasteiger partial charge in [0.1, 0.15) is 16.5 Å². The van der Waals surface area contributed by atoms with Crippen molar-refractivity contribution in [2.75, 3.05) is 13.1 Å². The molecule has 28 heavy (non-hydrogen) atoms. The maximum Gasteiger partial charge on any atom is 0.245 e. The van der Waals surface area contributed by atoms with Crippen molar-refractivity contribution in [3.8, 4) is 0 Å². The van der Waals surface area contributed by atoms with Crippen LogP contribution in [0.5, 0.6) is 0 Å². The number of carbonyl (C=O) groups excluding carboxylic acids is 1. The summed E-state index contributed by atoms with van der Waals surface area (Å²) < 4.78 is 54.3. The summed E-state index contributed by atoms with van der Waals surface area (Å²) in [5.41, 5.74) is 0.625. The van der Waals surface area contributed by atoms with Crippen molar-refractivity contribution >= 4 is 31.9 Å². The van der Waals surface area contributed by atoms with Gasteiger partial charge in [-0.05, 0) is 48.7 Å². The number of benzene rings is 2. The number of sulfonamides is 1. The molecule has 0 radical (unpaired) electrons. The lowest BCUT2D eigenvalue weighted by Gasteiger charge is -2.30. The van der Waals surface area contributed by atoms with Crippen LogP contribution in [0.1, 0.15) is 18.4 Å². The summed E-state index contributed by atoms with van der Waals surface area (Å²) in [4.78, 5) is 12.0. The van der Waals surface area contributed by atoms with Crippen molar-refractivity contribution in [3.63, 3.8) is 0 Å². The van der Waals surface area contributed by atoms with Gasteiger partial charge in [0.2, 0.25) is 15.9 Å². The minimum absolute atomic E-state index is 0.139. The summed E-state index contributed by atoms with van der Waals surface area (Å²) >= 11 is 3.20. The highest BCUT2D eigenvalue weighted by molar-refractivity contribution is 9.10. The fourth-order valence-electron chi connectivity index (χ4n) is 3.20. The molecule has 1 saturated heterocycles. The number of amides is 1. The first-order valence-corrected chi connectivity index (χ1v) is 11.0. The Bertz CT molecular complexity index is 957. The third-order valence-corrected chi connectivity index (χ3v) is 7.06. The number of halogens is 3. The second kappa shape index (κ2) is 8.67. The van der Waals surface area contributed by atoms with Crippen molar-refractivity contribution in [1.82, 2.24) is 9.62 Å². The molecular formula is C19H19BrF2N2O3S. The molecule has 1 heterocycles. The van der Waals surface area contributed by atoms with E-state index < -0.39 is 21.7 Å². The quantitative estimate of drug-likeness (QED) is 0.724. The Balaban J connectivity index is 1.57. The van der Waals surface area contributed by atoms with E-state index in [4.69, 9.17) is 0 Å². The van der Waals surface area contributed by atoms with Crippen LogP contribution in [0.25, 0.3) is 0 Å². The number of hydrogen-bond acceptors (Lipinski definition) is 3. The van der Waals surface area contributed by atoms with Crippen LogP contribution in [-0.4, -0.2) is 31.7 Å². The molecule has 150 valence electrons. The molecule has 1 N–H and O–H groups in total. The van der Waals surface area contributed by atoms with E-state index >= 15 is 0 Å². The molecular weight excluding hydrogens is 454 g/mol. The largest absolute Gasteiger partial charge is 0.352 e. The Morgan fingerprint density at radius 3 is 2.46 bits per heavy atom. The molecule has 5 nitrogen and oxygen atoms in total. The summed E-state index contributed by atoms with van der Waals surface area (Å²) in [6.07, 6.45) is 0.679. The highest BCUT2D eigenvalue weighted by atomic mass is 79.9. The summed E-state index contributed by atoms with van der Waals surface area (Å²) in [5, 5.41) is 2.76. The topological polar surface area (TPSA) is 66.5 Å². The molecule has 3 rings (SSSR count). The lowest BCUT2D eigenvalue weighted by atomic mass is 9.97. The second-order valence-corrected chi connectivity index (χ2v) is 9.43. The fraction of sp³-hybridized carbons (Fsp3) is 0.316. The SMILES string of the molecule is O=C(NCc1cc(F)cc(Br)c1)C1CCN(S(=O)(=O)c2ccccc2F)CC1. The smallest absolute Gasteiger partial charge is 0.245 e. The van der Waals surface area contributed by atoms with Gasteiger partial charge in [-0.15, -0.1) is 0 Å². The van der Waals surface area contributed by atoms with Gasteiger partial charge in [-0.25, -0.2) is 17.2 Å². The Labute approximate surface area is 170 Å². The predicted octanol–water partition coefficient (Wildman–Crippen LogP) is 3.44. The number of nitrogens with one attached hydrogen (secondary N) is 1. The number of hydrogen-bond donors (Lipinski definition) is 1. The number of piperidine rings is 1. The van der Waals surface area contributed by atoms with Gasteiger partial charge in [-0.2, -0.15) is 4.31 Å². The average Bonchev–Trinajstić information content (AvgIpc) is 2.65. The first-order valence-electron chi connectivity index (χ1n) is 8.75. The molecule has 2 aromatic rings. The minimum atomic E-state index is -3.93. The summed E-state index contributed by atoms with van der Waals surface area (Å²) in [7, 11) is -3.93. The molecule has 0 atom stereocenters. The lowest BCUT2D eigenvalue weighted by molar-refractivity contribution is -0.126. The minimum Gasteiger partial charge on any atom is -0.352 e. The standard InChI is InChI=1S/C19H19BrF2N2O3S/c20-15-9-13(10-16(21)11-15)12-23-19(25)14-5-7-24(8-6-14)28(26,27)18-4-2-1-3-17(18)22/h1-4,9-11,14H,5-8,12H2,(H,23,25). The molecule has 2 aromatic carbocycles. The number of nitrogens with zero attached hydrogens (tertiary/aromatic N) is 1. The van der Waals surface area contributed by atoms with Crippen LogP contribution in [0.4, 0.5) is 8.78 Å². The van der Waals surface area contributed by atoms with E-state index in [0.717, 1.165) is 6.07 Å². The van der Waals surface area contributed by atoms with E-state index in [1.54, 1.807) is 6.07 Å². The lowest BCUT2D eigenvalue weighted by Crippen LogP contribution is -2.43. The van der Waals surface area contributed by atoms with Crippen molar-refractivity contribution < 1.29 is 22.0 Å². The number of rotatable bonds is 5. The van der Waals surface area contributed by atoms with Gasteiger partial charge in [0.15, 0.2) is 0 Å². The van der Waals surface area contributed by atoms with Crippen LogP contribution in [-0.2, 0) is 21.4 Å². The van der Waals surface area contributed by atoms with Gasteiger partial charge in [-0.3, -0.25) is 4.79 Å². The monoisotopic (exact) mass is 472 g/mol. The normalized spacial score (nSPS) is 16.1. The summed E-state index contributed by atoms with van der Waals surface area (Å²) in [6, 6.07) is 9.64. The molecule has 0 saturated carbocycles. The van der Waals surface area contributed by atoms with E-state index in [2.05, 4.69) is 21.2 Å². The first kappa shape index (κ1) is 20.9. The number of carbonyl (C=O) groups is 1. The zero-order chi connectivity index (χ0) is 20.3. The molecule has 0 spiro atoms. The molecule has 1 aliphatic heterocycles. The van der Waals surface area contributed by atoms with Crippen molar-refractivity contribution in [2.24, 2.45) is 5.92 Å². The van der Waals surface area contributed by atoms with Gasteiger partial charge in [0, 0.05) is 30.0 Å². The molecule has 0 aliphatic carbocycles. The van der Waals surface area contributed by atoms with Crippen LogP contribution < -0.4 is 5.32 Å². The van der Waals surface area contributed by atoms with Crippen molar-refractivity contribution in [3.05, 3.63) is 64.1 Å². The van der Waals surface area contributed by atoms with E-state index in [9.17, 15) is 22.0 Å². The third kappa shape index (κ3) is 4.76. The summed E-state index contributed by atoms with van der Waals surface area (Å²) in [5.74, 6) is -1.73. The zero-order valence-corrected chi connectivity index (χ0v) is 17.3. The van der Waals surface area contributed by atoms with E-state index in [-0.39, 0.29) is 36.4 Å². The van der Waals surface area contributed by atoms with Gasteiger partial charge >= 0.3 is 0 Å². The van der Waals surface area contributed by atoms with Gasteiger partial charge in [0.05, 0.1) is 0 Å². The maximum atomic E-state index is 13.9. The van der Waals surface area contributed by atoms with E-state index in [1.165, 1.54) is 34.6 Å². The molecule has 1 amide bonds. The van der Waals surface area contributed by atoms with E-state index in [1.807, 2.05) is 0 Å². The molecule has 1 fully saturated rings. The Kier molecular flexibility index (Phi) is 6.47. The zero-order valence-electron chi connectivity index (χ0n) is 14.9. The molecule has 0 unspecified atom stereocenters. The van der Waals surface area contributed by atoms with Crippen LogP contribution in [0.3, 0.4) is 0 Å². The second-order valence-electron chi connectivity index (χ2n) is 6.60. The van der Waals surface area contributed by atoms with Crippen molar-refractivity contribution in [2.45, 2.75) is 24.3 Å². The van der Waals surface area contributed by atoms with Crippen LogP contribution in [0.2, 0.25) is 0 Å². The van der Waals surface area contributed by atoms with Crippen LogP contribution in [0.15, 0.2) is 51.8 Å². The highest BCUT2D eigenvalue weighted by Crippen LogP contribution is 2.25. The third-order valence-electron chi connectivity index (χ3n) is 4.67. The molecule has 0 bridgehead atoms. The molecule has 1 aliphatic rings. The Morgan fingerprint density at radius 1 is 1.14 bits per heavy atom. The molecule has 9 heteroatoms. The Morgan fingerprint density at radius 2 is 1.82 bits per heavy atom. The van der Waals surface area contributed by atoms with E-state index in [0.29, 0.717) is 22.9 Å². The molecule has 0 aromatic heterocycles. The highest BCUT2D eigenvalue weighted by Gasteiger charge is 2.33. The fourth-order valence-corrected chi connectivity index (χ4v) is 5.25. The van der Waals surface area contributed by atoms with Gasteiger partial charge in [-0.1, -0.05) is 28.1 Å². The first-order chi connectivity index (χ1) is 13.3. The van der Waals surface area contributed by atoms with Gasteiger partial charge < -0.3 is 5.32 Å². The van der Waals surface area contributed by atoms with Crippen LogP contribution >= 0.6 is 15.9 Å². The van der Waals surface area contributed by atoms with Gasteiger partial charge in [0.25, 0.3) is 0 Å². The van der Waals surface area contributed by atoms with Crippen molar-refractivity contribution in [1.29, 1.82) is 0 Å². The maximum absolute atomic E-state index is 13.9. The Hall–Kier alpha value is -1.84. The van der Waals surface area contributed by atoms with Crippen LogP contribution in [0, 0.1) is 17.6 Å².